The summed E-state index contributed by atoms with van der Waals surface area (Å²) < 4.78 is 6.65. The fraction of sp³-hybridized carbons (Fsp3) is 0.333. The van der Waals surface area contributed by atoms with Crippen molar-refractivity contribution in [3.8, 4) is 5.75 Å². The largest absolute Gasteiger partial charge is 0.492 e. The predicted octanol–water partition coefficient (Wildman–Crippen LogP) is 4.99. The molecule has 0 saturated carbocycles. The maximum Gasteiger partial charge on any atom is 0.270 e. The second kappa shape index (κ2) is 11.5. The SMILES string of the molecule is CCOc1cccc2sc(N(CCN(CC)CC)C(=O)C=Cc3cccc([N+](=O)[O-])c3)nc12. The van der Waals surface area contributed by atoms with Gasteiger partial charge in [-0.25, -0.2) is 4.98 Å². The lowest BCUT2D eigenvalue weighted by atomic mass is 10.2. The lowest BCUT2D eigenvalue weighted by Crippen LogP contribution is -2.38. The van der Waals surface area contributed by atoms with Crippen molar-refractivity contribution in [2.24, 2.45) is 0 Å². The Labute approximate surface area is 197 Å². The number of carbonyl (C=O) groups is 1. The monoisotopic (exact) mass is 468 g/mol. The third-order valence-electron chi connectivity index (χ3n) is 5.20. The van der Waals surface area contributed by atoms with Crippen LogP contribution in [0.2, 0.25) is 0 Å². The Morgan fingerprint density at radius 3 is 2.61 bits per heavy atom. The highest BCUT2D eigenvalue weighted by Gasteiger charge is 2.20. The maximum absolute atomic E-state index is 13.2. The molecule has 9 heteroatoms. The van der Waals surface area contributed by atoms with E-state index in [1.54, 1.807) is 23.1 Å². The van der Waals surface area contributed by atoms with Crippen LogP contribution in [-0.4, -0.2) is 53.5 Å². The zero-order valence-electron chi connectivity index (χ0n) is 19.1. The molecule has 0 aliphatic carbocycles. The number of aromatic nitrogens is 1. The zero-order chi connectivity index (χ0) is 23.8. The molecule has 0 bridgehead atoms. The first-order chi connectivity index (χ1) is 16.0. The number of fused-ring (bicyclic) bond motifs is 1. The summed E-state index contributed by atoms with van der Waals surface area (Å²) in [6.45, 7) is 9.58. The van der Waals surface area contributed by atoms with Gasteiger partial charge >= 0.3 is 0 Å². The highest BCUT2D eigenvalue weighted by Crippen LogP contribution is 2.34. The Morgan fingerprint density at radius 1 is 1.15 bits per heavy atom. The number of carbonyl (C=O) groups excluding carboxylic acids is 1. The van der Waals surface area contributed by atoms with E-state index in [0.717, 1.165) is 23.3 Å². The van der Waals surface area contributed by atoms with Crippen LogP contribution in [0.1, 0.15) is 26.3 Å². The average Bonchev–Trinajstić information content (AvgIpc) is 3.25. The van der Waals surface area contributed by atoms with Crippen LogP contribution in [0.25, 0.3) is 16.3 Å². The van der Waals surface area contributed by atoms with Gasteiger partial charge < -0.3 is 9.64 Å². The van der Waals surface area contributed by atoms with Gasteiger partial charge in [0.05, 0.1) is 16.2 Å². The molecule has 3 aromatic rings. The standard InChI is InChI=1S/C24H28N4O4S/c1-4-26(5-2)15-16-27(22(29)14-13-18-9-7-10-19(17-18)28(30)31)24-25-23-20(32-6-3)11-8-12-21(23)33-24/h7-14,17H,4-6,15-16H2,1-3H3. The van der Waals surface area contributed by atoms with Crippen molar-refractivity contribution < 1.29 is 14.5 Å². The number of ether oxygens (including phenoxy) is 1. The molecule has 0 radical (unpaired) electrons. The number of nitrogens with zero attached hydrogens (tertiary/aromatic N) is 4. The minimum Gasteiger partial charge on any atom is -0.492 e. The number of likely N-dealkylation sites (N-methyl/N-ethyl adjacent to an activating group) is 1. The van der Waals surface area contributed by atoms with Gasteiger partial charge in [-0.3, -0.25) is 19.8 Å². The number of hydrogen-bond donors (Lipinski definition) is 0. The summed E-state index contributed by atoms with van der Waals surface area (Å²) in [5.41, 5.74) is 1.31. The van der Waals surface area contributed by atoms with Gasteiger partial charge in [0.25, 0.3) is 11.6 Å². The Kier molecular flexibility index (Phi) is 8.51. The number of para-hydroxylation sites is 1. The molecule has 1 aromatic heterocycles. The summed E-state index contributed by atoms with van der Waals surface area (Å²) in [4.78, 5) is 32.4. The minimum absolute atomic E-state index is 0.0161. The minimum atomic E-state index is -0.452. The maximum atomic E-state index is 13.2. The summed E-state index contributed by atoms with van der Waals surface area (Å²) in [6, 6.07) is 11.9. The zero-order valence-corrected chi connectivity index (χ0v) is 19.9. The third kappa shape index (κ3) is 6.15. The van der Waals surface area contributed by atoms with Crippen molar-refractivity contribution in [3.05, 3.63) is 64.2 Å². The second-order valence-corrected chi connectivity index (χ2v) is 8.24. The molecule has 1 heterocycles. The number of nitro benzene ring substituents is 1. The van der Waals surface area contributed by atoms with E-state index in [1.165, 1.54) is 29.5 Å². The van der Waals surface area contributed by atoms with E-state index in [0.29, 0.717) is 36.1 Å². The summed E-state index contributed by atoms with van der Waals surface area (Å²) in [5, 5.41) is 11.6. The Hall–Kier alpha value is -3.30. The van der Waals surface area contributed by atoms with E-state index in [-0.39, 0.29) is 11.6 Å². The molecule has 0 unspecified atom stereocenters. The highest BCUT2D eigenvalue weighted by atomic mass is 32.1. The van der Waals surface area contributed by atoms with E-state index < -0.39 is 4.92 Å². The number of nitro groups is 1. The van der Waals surface area contributed by atoms with Gasteiger partial charge in [0, 0.05) is 31.3 Å². The number of benzene rings is 2. The van der Waals surface area contributed by atoms with E-state index in [1.807, 2.05) is 25.1 Å². The van der Waals surface area contributed by atoms with Gasteiger partial charge in [0.15, 0.2) is 5.13 Å². The van der Waals surface area contributed by atoms with Crippen molar-refractivity contribution in [1.82, 2.24) is 9.88 Å². The van der Waals surface area contributed by atoms with Crippen LogP contribution in [0.4, 0.5) is 10.8 Å². The number of non-ortho nitro benzene ring substituents is 1. The van der Waals surface area contributed by atoms with Crippen LogP contribution in [0.5, 0.6) is 5.75 Å². The van der Waals surface area contributed by atoms with Crippen LogP contribution < -0.4 is 9.64 Å². The average molecular weight is 469 g/mol. The van der Waals surface area contributed by atoms with E-state index in [4.69, 9.17) is 9.72 Å². The van der Waals surface area contributed by atoms with Gasteiger partial charge in [0.2, 0.25) is 0 Å². The van der Waals surface area contributed by atoms with Crippen LogP contribution >= 0.6 is 11.3 Å². The Bertz CT molecular complexity index is 1140. The normalized spacial score (nSPS) is 11.4. The summed E-state index contributed by atoms with van der Waals surface area (Å²) >= 11 is 1.44. The molecule has 0 spiro atoms. The first kappa shape index (κ1) is 24.3. The summed E-state index contributed by atoms with van der Waals surface area (Å²) in [7, 11) is 0. The number of amides is 1. The molecular weight excluding hydrogens is 440 g/mol. The van der Waals surface area contributed by atoms with Crippen LogP contribution in [-0.2, 0) is 4.79 Å². The second-order valence-electron chi connectivity index (χ2n) is 7.23. The van der Waals surface area contributed by atoms with Gasteiger partial charge in [-0.05, 0) is 43.8 Å². The van der Waals surface area contributed by atoms with E-state index >= 15 is 0 Å². The molecule has 2 aromatic carbocycles. The van der Waals surface area contributed by atoms with Crippen molar-refractivity contribution in [1.29, 1.82) is 0 Å². The lowest BCUT2D eigenvalue weighted by molar-refractivity contribution is -0.384. The van der Waals surface area contributed by atoms with Gasteiger partial charge in [-0.1, -0.05) is 43.4 Å². The molecule has 1 amide bonds. The number of hydrogen-bond acceptors (Lipinski definition) is 7. The van der Waals surface area contributed by atoms with E-state index in [9.17, 15) is 14.9 Å². The molecule has 0 aliphatic rings. The smallest absolute Gasteiger partial charge is 0.270 e. The van der Waals surface area contributed by atoms with E-state index in [2.05, 4.69) is 18.7 Å². The predicted molar refractivity (Wildman–Crippen MR) is 133 cm³/mol. The van der Waals surface area contributed by atoms with Gasteiger partial charge in [-0.15, -0.1) is 0 Å². The fourth-order valence-electron chi connectivity index (χ4n) is 3.38. The number of thiazole rings is 1. The third-order valence-corrected chi connectivity index (χ3v) is 6.24. The van der Waals surface area contributed by atoms with Crippen LogP contribution in [0.3, 0.4) is 0 Å². The molecule has 8 nitrogen and oxygen atoms in total. The first-order valence-corrected chi connectivity index (χ1v) is 11.8. The van der Waals surface area contributed by atoms with Crippen molar-refractivity contribution >= 4 is 44.4 Å². The molecule has 0 fully saturated rings. The molecule has 33 heavy (non-hydrogen) atoms. The Balaban J connectivity index is 1.91. The summed E-state index contributed by atoms with van der Waals surface area (Å²) in [5.74, 6) is 0.464. The highest BCUT2D eigenvalue weighted by molar-refractivity contribution is 7.22. The van der Waals surface area contributed by atoms with Crippen molar-refractivity contribution in [2.45, 2.75) is 20.8 Å². The molecule has 174 valence electrons. The molecule has 0 saturated heterocycles. The van der Waals surface area contributed by atoms with Gasteiger partial charge in [-0.2, -0.15) is 0 Å². The first-order valence-electron chi connectivity index (χ1n) is 11.0. The molecule has 3 rings (SSSR count). The van der Waals surface area contributed by atoms with Crippen molar-refractivity contribution in [3.63, 3.8) is 0 Å². The summed E-state index contributed by atoms with van der Waals surface area (Å²) in [6.07, 6.45) is 3.04. The van der Waals surface area contributed by atoms with Crippen molar-refractivity contribution in [2.75, 3.05) is 37.7 Å². The number of anilines is 1. The molecule has 0 N–H and O–H groups in total. The van der Waals surface area contributed by atoms with Gasteiger partial charge in [0.1, 0.15) is 11.3 Å². The quantitative estimate of drug-likeness (QED) is 0.224. The Morgan fingerprint density at radius 2 is 1.91 bits per heavy atom. The molecular formula is C24H28N4O4S. The molecule has 0 aliphatic heterocycles. The van der Waals surface area contributed by atoms with Crippen LogP contribution in [0, 0.1) is 10.1 Å². The molecule has 0 atom stereocenters. The topological polar surface area (TPSA) is 88.8 Å². The fourth-order valence-corrected chi connectivity index (χ4v) is 4.39. The van der Waals surface area contributed by atoms with Crippen LogP contribution in [0.15, 0.2) is 48.5 Å². The lowest BCUT2D eigenvalue weighted by Gasteiger charge is -2.23. The number of rotatable bonds is 11.